The minimum Gasteiger partial charge on any atom is -0.426 e. The van der Waals surface area contributed by atoms with Crippen molar-refractivity contribution < 1.29 is 27.1 Å². The molecule has 2 aliphatic rings. The summed E-state index contributed by atoms with van der Waals surface area (Å²) in [6, 6.07) is 4.31. The molecular weight excluding hydrogens is 446 g/mol. The van der Waals surface area contributed by atoms with Gasteiger partial charge in [-0.25, -0.2) is 0 Å². The third-order valence-electron chi connectivity index (χ3n) is 5.92. The summed E-state index contributed by atoms with van der Waals surface area (Å²) in [7, 11) is -2.86. The normalized spacial score (nSPS) is 18.1. The summed E-state index contributed by atoms with van der Waals surface area (Å²) in [5.41, 5.74) is 8.82. The van der Waals surface area contributed by atoms with Gasteiger partial charge in [0.25, 0.3) is 0 Å². The lowest BCUT2D eigenvalue weighted by Crippen LogP contribution is -2.11. The molecule has 0 saturated carbocycles. The van der Waals surface area contributed by atoms with Gasteiger partial charge in [-0.1, -0.05) is 12.1 Å². The van der Waals surface area contributed by atoms with Crippen LogP contribution in [0.1, 0.15) is 46.2 Å². The highest BCUT2D eigenvalue weighted by Gasteiger charge is 2.29. The summed E-state index contributed by atoms with van der Waals surface area (Å²) in [6.07, 6.45) is 1.78. The van der Waals surface area contributed by atoms with Gasteiger partial charge in [0, 0.05) is 11.1 Å². The van der Waals surface area contributed by atoms with Crippen LogP contribution in [-0.2, 0) is 18.1 Å². The molecule has 2 aromatic carbocycles. The van der Waals surface area contributed by atoms with Gasteiger partial charge in [-0.2, -0.15) is 0 Å². The van der Waals surface area contributed by atoms with Crippen LogP contribution in [0.25, 0.3) is 11.1 Å². The molecule has 0 bridgehead atoms. The zero-order valence-corrected chi connectivity index (χ0v) is 21.5. The van der Waals surface area contributed by atoms with Gasteiger partial charge >= 0.3 is 17.2 Å². The Bertz CT molecular complexity index is 902. The zero-order valence-electron chi connectivity index (χ0n) is 19.7. The Balaban J connectivity index is 1.87. The third kappa shape index (κ3) is 4.97. The monoisotopic (exact) mass is 478 g/mol. The molecule has 2 heterocycles. The van der Waals surface area contributed by atoms with Crippen molar-refractivity contribution in [3.05, 3.63) is 45.5 Å². The van der Waals surface area contributed by atoms with E-state index < -0.39 is 17.2 Å². The second kappa shape index (κ2) is 10.3. The number of hydrogen-bond acceptors (Lipinski definition) is 6. The topological polar surface area (TPSA) is 55.4 Å². The number of hydrogen-bond donors (Lipinski definition) is 0. The Hall–Kier alpha value is -1.26. The fraction of sp³-hybridized carbons (Fsp3) is 0.500. The second-order valence-corrected chi connectivity index (χ2v) is 10.6. The lowest BCUT2D eigenvalue weighted by atomic mass is 9.87. The van der Waals surface area contributed by atoms with E-state index >= 15 is 0 Å². The lowest BCUT2D eigenvalue weighted by molar-refractivity contribution is 0.146. The van der Waals surface area contributed by atoms with Crippen molar-refractivity contribution in [2.75, 3.05) is 26.4 Å². The first-order chi connectivity index (χ1) is 15.4. The van der Waals surface area contributed by atoms with Gasteiger partial charge in [0.15, 0.2) is 0 Å². The average molecular weight is 478 g/mol. The molecule has 2 fully saturated rings. The van der Waals surface area contributed by atoms with Gasteiger partial charge in [0.1, 0.15) is 11.5 Å². The van der Waals surface area contributed by atoms with Gasteiger partial charge in [-0.05, 0) is 87.8 Å². The summed E-state index contributed by atoms with van der Waals surface area (Å²) >= 11 is 0. The number of benzene rings is 2. The van der Waals surface area contributed by atoms with Gasteiger partial charge < -0.3 is 27.1 Å². The molecule has 0 amide bonds. The van der Waals surface area contributed by atoms with E-state index in [-0.39, 0.29) is 0 Å². The average Bonchev–Trinajstić information content (AvgIpc) is 2.78. The summed E-state index contributed by atoms with van der Waals surface area (Å²) < 4.78 is 35.9. The third-order valence-corrected chi connectivity index (χ3v) is 8.15. The molecule has 0 spiro atoms. The fourth-order valence-corrected chi connectivity index (χ4v) is 6.21. The Morgan fingerprint density at radius 3 is 1.25 bits per heavy atom. The van der Waals surface area contributed by atoms with Gasteiger partial charge in [-0.15, -0.1) is 0 Å². The molecule has 6 nitrogen and oxygen atoms in total. The van der Waals surface area contributed by atoms with Crippen LogP contribution in [0.15, 0.2) is 12.1 Å². The van der Waals surface area contributed by atoms with Crippen LogP contribution in [0, 0.1) is 41.5 Å². The maximum atomic E-state index is 6.39. The van der Waals surface area contributed by atoms with Crippen LogP contribution >= 0.6 is 17.2 Å². The molecular formula is C24H32O6P2. The van der Waals surface area contributed by atoms with E-state index in [0.29, 0.717) is 26.4 Å². The summed E-state index contributed by atoms with van der Waals surface area (Å²) in [5, 5.41) is 0. The summed E-state index contributed by atoms with van der Waals surface area (Å²) in [6.45, 7) is 15.3. The molecule has 174 valence electrons. The van der Waals surface area contributed by atoms with Crippen LogP contribution < -0.4 is 9.05 Å². The quantitative estimate of drug-likeness (QED) is 0.421. The second-order valence-electron chi connectivity index (χ2n) is 8.35. The number of rotatable bonds is 5. The molecule has 0 radical (unpaired) electrons. The van der Waals surface area contributed by atoms with Crippen molar-refractivity contribution in [2.45, 2.75) is 54.4 Å². The van der Waals surface area contributed by atoms with Gasteiger partial charge in [0.2, 0.25) is 0 Å². The predicted octanol–water partition coefficient (Wildman–Crippen LogP) is 7.29. The van der Waals surface area contributed by atoms with Crippen molar-refractivity contribution in [1.29, 1.82) is 0 Å². The highest BCUT2D eigenvalue weighted by atomic mass is 31.2. The highest BCUT2D eigenvalue weighted by Crippen LogP contribution is 2.54. The molecule has 0 aliphatic carbocycles. The van der Waals surface area contributed by atoms with E-state index in [0.717, 1.165) is 57.7 Å². The minimum absolute atomic E-state index is 0.654. The largest absolute Gasteiger partial charge is 0.426 e. The Kier molecular flexibility index (Phi) is 7.72. The van der Waals surface area contributed by atoms with E-state index in [2.05, 4.69) is 53.7 Å². The Morgan fingerprint density at radius 2 is 0.906 bits per heavy atom. The summed E-state index contributed by atoms with van der Waals surface area (Å²) in [4.78, 5) is 0. The highest BCUT2D eigenvalue weighted by molar-refractivity contribution is 7.42. The first kappa shape index (κ1) is 23.9. The maximum absolute atomic E-state index is 6.39. The van der Waals surface area contributed by atoms with E-state index in [1.54, 1.807) is 0 Å². The zero-order chi connectivity index (χ0) is 22.8. The van der Waals surface area contributed by atoms with Crippen LogP contribution in [0.5, 0.6) is 11.5 Å². The molecule has 8 heteroatoms. The molecule has 0 unspecified atom stereocenters. The smallest absolute Gasteiger partial charge is 0.397 e. The predicted molar refractivity (Wildman–Crippen MR) is 128 cm³/mol. The Labute approximate surface area is 193 Å². The first-order valence-corrected chi connectivity index (χ1v) is 13.3. The van der Waals surface area contributed by atoms with Crippen molar-refractivity contribution in [1.82, 2.24) is 0 Å². The van der Waals surface area contributed by atoms with Crippen molar-refractivity contribution in [3.63, 3.8) is 0 Å². The van der Waals surface area contributed by atoms with Crippen LogP contribution in [0.4, 0.5) is 0 Å². The van der Waals surface area contributed by atoms with E-state index in [1.807, 2.05) is 0 Å². The summed E-state index contributed by atoms with van der Waals surface area (Å²) in [5.74, 6) is 1.58. The molecule has 2 aromatic rings. The van der Waals surface area contributed by atoms with E-state index in [9.17, 15) is 0 Å². The van der Waals surface area contributed by atoms with Crippen LogP contribution in [0.3, 0.4) is 0 Å². The molecule has 0 atom stereocenters. The van der Waals surface area contributed by atoms with E-state index in [1.165, 1.54) is 11.1 Å². The molecule has 0 aromatic heterocycles. The van der Waals surface area contributed by atoms with Gasteiger partial charge in [-0.3, -0.25) is 0 Å². The Morgan fingerprint density at radius 1 is 0.562 bits per heavy atom. The van der Waals surface area contributed by atoms with Crippen molar-refractivity contribution in [3.8, 4) is 22.6 Å². The molecule has 4 rings (SSSR count). The molecule has 2 saturated heterocycles. The standard InChI is InChI=1S/C24H32O6P2/c1-15-13-17(3)23(29-31-25-9-7-10-26-31)21(19(15)5)22-20(6)16(2)14-18(4)24(22)30-32-27-11-8-12-28-32/h13-14H,7-12H2,1-6H3. The van der Waals surface area contributed by atoms with Gasteiger partial charge in [0.05, 0.1) is 26.4 Å². The van der Waals surface area contributed by atoms with Crippen LogP contribution in [-0.4, -0.2) is 26.4 Å². The number of aryl methyl sites for hydroxylation is 4. The van der Waals surface area contributed by atoms with Crippen LogP contribution in [0.2, 0.25) is 0 Å². The fourth-order valence-electron chi connectivity index (χ4n) is 3.97. The molecule has 2 aliphatic heterocycles. The minimum atomic E-state index is -1.43. The lowest BCUT2D eigenvalue weighted by Gasteiger charge is -2.28. The molecule has 0 N–H and O–H groups in total. The van der Waals surface area contributed by atoms with Crippen molar-refractivity contribution >= 4 is 17.2 Å². The molecule has 32 heavy (non-hydrogen) atoms. The van der Waals surface area contributed by atoms with Crippen molar-refractivity contribution in [2.24, 2.45) is 0 Å². The first-order valence-electron chi connectivity index (χ1n) is 11.1. The maximum Gasteiger partial charge on any atom is 0.397 e. The van der Waals surface area contributed by atoms with E-state index in [4.69, 9.17) is 27.1 Å². The SMILES string of the molecule is Cc1cc(C)c(OP2OCCCO2)c(-c2c(C)c(C)cc(C)c2OP2OCCCO2)c1C.